The third kappa shape index (κ3) is 1.19. The van der Waals surface area contributed by atoms with E-state index in [1.54, 1.807) is 0 Å². The normalized spacial score (nSPS) is 34.2. The topological polar surface area (TPSA) is 20.2 Å². The van der Waals surface area contributed by atoms with E-state index in [9.17, 15) is 4.20 Å². The Labute approximate surface area is 61.2 Å². The lowest BCUT2D eigenvalue weighted by molar-refractivity contribution is 0.414. The minimum Gasteiger partial charge on any atom is -0.214 e. The van der Waals surface area contributed by atoms with Crippen molar-refractivity contribution >= 4 is 7.80 Å². The smallest absolute Gasteiger partial charge is 0.214 e. The molecule has 2 rings (SSSR count). The maximum absolute atomic E-state index is 12.9. The van der Waals surface area contributed by atoms with Gasteiger partial charge in [0.05, 0.1) is 0 Å². The summed E-state index contributed by atoms with van der Waals surface area (Å²) >= 11 is 0. The first-order chi connectivity index (χ1) is 4.62. The fourth-order valence-electron chi connectivity index (χ4n) is 1.73. The molecule has 0 aromatic carbocycles. The molecule has 3 heteroatoms. The molecule has 0 aromatic rings. The van der Waals surface area contributed by atoms with Gasteiger partial charge in [0.25, 0.3) is 0 Å². The Bertz CT molecular complexity index is 136. The molecule has 2 fully saturated rings. The first-order valence-corrected chi connectivity index (χ1v) is 5.92. The highest BCUT2D eigenvalue weighted by atomic mass is 31.2. The van der Waals surface area contributed by atoms with E-state index in [-0.39, 0.29) is 0 Å². The van der Waals surface area contributed by atoms with Crippen molar-refractivity contribution in [3.8, 4) is 0 Å². The zero-order valence-electron chi connectivity index (χ0n) is 6.02. The lowest BCUT2D eigenvalue weighted by Gasteiger charge is -2.22. The Morgan fingerprint density at radius 3 is 2.00 bits per heavy atom. The van der Waals surface area contributed by atoms with Gasteiger partial charge < -0.3 is 0 Å². The van der Waals surface area contributed by atoms with Crippen molar-refractivity contribution in [1.29, 1.82) is 0 Å². The highest BCUT2D eigenvalue weighted by molar-refractivity contribution is 7.65. The van der Waals surface area contributed by atoms with Crippen LogP contribution in [0.25, 0.3) is 0 Å². The van der Waals surface area contributed by atoms with E-state index in [1.165, 1.54) is 12.8 Å². The van der Waals surface area contributed by atoms with E-state index in [1.807, 2.05) is 0 Å². The van der Waals surface area contributed by atoms with Gasteiger partial charge >= 0.3 is 7.80 Å². The van der Waals surface area contributed by atoms with Gasteiger partial charge in [-0.05, 0) is 35.3 Å². The zero-order valence-corrected chi connectivity index (χ0v) is 6.91. The maximum Gasteiger partial charge on any atom is 0.328 e. The van der Waals surface area contributed by atoms with Crippen LogP contribution in [0.15, 0.2) is 0 Å². The number of rotatable bonds is 0. The first-order valence-electron chi connectivity index (χ1n) is 3.92. The second-order valence-corrected chi connectivity index (χ2v) is 6.30. The molecule has 1 spiro atoms. The van der Waals surface area contributed by atoms with Crippen LogP contribution in [0.4, 0.5) is 4.20 Å². The molecule has 2 aliphatic rings. The van der Waals surface area contributed by atoms with Crippen LogP contribution in [0.2, 0.25) is 0 Å². The fraction of sp³-hybridized carbons (Fsp3) is 1.00. The third-order valence-corrected chi connectivity index (χ3v) is 4.74. The molecule has 10 heavy (non-hydrogen) atoms. The van der Waals surface area contributed by atoms with Crippen molar-refractivity contribution in [2.24, 2.45) is 5.41 Å². The fourth-order valence-corrected chi connectivity index (χ4v) is 3.59. The Morgan fingerprint density at radius 2 is 1.60 bits per heavy atom. The van der Waals surface area contributed by atoms with Crippen molar-refractivity contribution in [3.63, 3.8) is 0 Å². The quantitative estimate of drug-likeness (QED) is 0.543. The lowest BCUT2D eigenvalue weighted by Crippen LogP contribution is -2.15. The zero-order chi connectivity index (χ0) is 7.24. The Kier molecular flexibility index (Phi) is 1.34. The van der Waals surface area contributed by atoms with Crippen molar-refractivity contribution in [2.75, 3.05) is 12.3 Å². The molecule has 0 radical (unpaired) electrons. The summed E-state index contributed by atoms with van der Waals surface area (Å²) in [5.41, 5.74) is 0.512. The van der Waals surface area contributed by atoms with Crippen LogP contribution >= 0.6 is 7.80 Å². The maximum atomic E-state index is 12.9. The third-order valence-electron chi connectivity index (χ3n) is 2.93. The van der Waals surface area contributed by atoms with Crippen molar-refractivity contribution in [2.45, 2.75) is 25.7 Å². The first kappa shape index (κ1) is 7.00. The van der Waals surface area contributed by atoms with Crippen LogP contribution in [-0.2, 0) is 0 Å². The average Bonchev–Trinajstić information content (AvgIpc) is 2.60. The van der Waals surface area contributed by atoms with Crippen LogP contribution in [-0.4, -0.2) is 17.2 Å². The molecule has 1 N–H and O–H groups in total. The lowest BCUT2D eigenvalue weighted by atomic mass is 10.0. The minimum atomic E-state index is -2.88. The predicted octanol–water partition coefficient (Wildman–Crippen LogP) is 2.37. The predicted molar refractivity (Wildman–Crippen MR) is 40.9 cm³/mol. The molecular formula is C7H13FOP+. The summed E-state index contributed by atoms with van der Waals surface area (Å²) in [4.78, 5) is 9.08. The summed E-state index contributed by atoms with van der Waals surface area (Å²) in [6.45, 7) is 0. The van der Waals surface area contributed by atoms with E-state index in [4.69, 9.17) is 4.89 Å². The van der Waals surface area contributed by atoms with Crippen LogP contribution in [0.1, 0.15) is 25.7 Å². The van der Waals surface area contributed by atoms with Gasteiger partial charge in [-0.25, -0.2) is 4.89 Å². The van der Waals surface area contributed by atoms with Crippen LogP contribution in [0.3, 0.4) is 0 Å². The molecule has 0 atom stereocenters. The molecule has 1 aliphatic heterocycles. The SMILES string of the molecule is O[P+]1(F)CCC2(CC2)CC1. The summed E-state index contributed by atoms with van der Waals surface area (Å²) in [6, 6.07) is 0. The second kappa shape index (κ2) is 1.92. The Morgan fingerprint density at radius 1 is 1.10 bits per heavy atom. The Hall–Kier alpha value is 0.320. The molecule has 0 bridgehead atoms. The van der Waals surface area contributed by atoms with Gasteiger partial charge in [0.2, 0.25) is 0 Å². The van der Waals surface area contributed by atoms with Gasteiger partial charge in [-0.2, -0.15) is 0 Å². The van der Waals surface area contributed by atoms with Gasteiger partial charge in [-0.1, -0.05) is 0 Å². The number of halogens is 1. The van der Waals surface area contributed by atoms with Gasteiger partial charge in [-0.15, -0.1) is 0 Å². The van der Waals surface area contributed by atoms with E-state index in [2.05, 4.69) is 0 Å². The highest BCUT2D eigenvalue weighted by Crippen LogP contribution is 2.68. The molecule has 0 amide bonds. The Balaban J connectivity index is 1.95. The molecule has 1 saturated carbocycles. The van der Waals surface area contributed by atoms with E-state index < -0.39 is 7.80 Å². The standard InChI is InChI=1S/C7H13FOP/c8-10(9)5-3-7(1-2-7)4-6-10/h9H,1-6H2/q+1. The summed E-state index contributed by atoms with van der Waals surface area (Å²) in [6.07, 6.45) is 5.43. The molecule has 1 nitrogen and oxygen atoms in total. The highest BCUT2D eigenvalue weighted by Gasteiger charge is 2.53. The molecule has 58 valence electrons. The molecule has 0 aromatic heterocycles. The van der Waals surface area contributed by atoms with Gasteiger partial charge in [-0.3, -0.25) is 0 Å². The molecule has 1 heterocycles. The van der Waals surface area contributed by atoms with E-state index in [0.29, 0.717) is 17.7 Å². The van der Waals surface area contributed by atoms with Crippen molar-refractivity contribution < 1.29 is 9.09 Å². The van der Waals surface area contributed by atoms with Gasteiger partial charge in [0.1, 0.15) is 12.3 Å². The largest absolute Gasteiger partial charge is 0.328 e. The average molecular weight is 163 g/mol. The van der Waals surface area contributed by atoms with E-state index >= 15 is 0 Å². The summed E-state index contributed by atoms with van der Waals surface area (Å²) in [5, 5.41) is 0. The van der Waals surface area contributed by atoms with Crippen LogP contribution < -0.4 is 0 Å². The van der Waals surface area contributed by atoms with Crippen molar-refractivity contribution in [3.05, 3.63) is 0 Å². The summed E-state index contributed by atoms with van der Waals surface area (Å²) in [5.74, 6) is 0. The van der Waals surface area contributed by atoms with Crippen LogP contribution in [0, 0.1) is 5.41 Å². The summed E-state index contributed by atoms with van der Waals surface area (Å²) < 4.78 is 12.9. The molecule has 1 aliphatic carbocycles. The van der Waals surface area contributed by atoms with Gasteiger partial charge in [0.15, 0.2) is 0 Å². The number of hydrogen-bond donors (Lipinski definition) is 1. The van der Waals surface area contributed by atoms with Gasteiger partial charge in [0, 0.05) is 0 Å². The summed E-state index contributed by atoms with van der Waals surface area (Å²) in [7, 11) is -2.88. The van der Waals surface area contributed by atoms with Crippen molar-refractivity contribution in [1.82, 2.24) is 0 Å². The molecular weight excluding hydrogens is 150 g/mol. The minimum absolute atomic E-state index is 0.479. The van der Waals surface area contributed by atoms with E-state index in [0.717, 1.165) is 12.8 Å². The molecule has 0 unspecified atom stereocenters. The van der Waals surface area contributed by atoms with Crippen LogP contribution in [0.5, 0.6) is 0 Å². The second-order valence-electron chi connectivity index (χ2n) is 3.77. The monoisotopic (exact) mass is 163 g/mol. The number of hydrogen-bond acceptors (Lipinski definition) is 1. The molecule has 1 saturated heterocycles.